The number of nitrogens with zero attached hydrogens (tertiary/aromatic N) is 1. The average molecular weight is 299 g/mol. The highest BCUT2D eigenvalue weighted by atomic mass is 35.5. The number of halogens is 1. The molecule has 0 radical (unpaired) electrons. The van der Waals surface area contributed by atoms with Crippen LogP contribution in [0.3, 0.4) is 0 Å². The lowest BCUT2D eigenvalue weighted by Crippen LogP contribution is -2.36. The van der Waals surface area contributed by atoms with Crippen molar-refractivity contribution in [1.82, 2.24) is 4.90 Å². The van der Waals surface area contributed by atoms with E-state index in [0.29, 0.717) is 10.8 Å². The number of carbonyl (C=O) groups excluding carboxylic acids is 1. The number of hydrogen-bond acceptors (Lipinski definition) is 3. The van der Waals surface area contributed by atoms with Gasteiger partial charge < -0.3 is 15.0 Å². The van der Waals surface area contributed by atoms with Crippen LogP contribution >= 0.6 is 11.6 Å². The number of rotatable bonds is 8. The van der Waals surface area contributed by atoms with Crippen LogP contribution in [-0.2, 0) is 4.79 Å². The van der Waals surface area contributed by atoms with Crippen LogP contribution in [0.15, 0.2) is 18.2 Å². The predicted octanol–water partition coefficient (Wildman–Crippen LogP) is 3.41. The lowest BCUT2D eigenvalue weighted by molar-refractivity contribution is -0.129. The zero-order valence-electron chi connectivity index (χ0n) is 12.4. The molecule has 0 aromatic heterocycles. The van der Waals surface area contributed by atoms with E-state index in [9.17, 15) is 4.79 Å². The van der Waals surface area contributed by atoms with Gasteiger partial charge in [0.15, 0.2) is 0 Å². The molecule has 0 fully saturated rings. The third kappa shape index (κ3) is 4.93. The second-order valence-electron chi connectivity index (χ2n) is 4.58. The maximum absolute atomic E-state index is 12.1. The van der Waals surface area contributed by atoms with Gasteiger partial charge in [-0.15, -0.1) is 0 Å². The normalized spacial score (nSPS) is 10.2. The summed E-state index contributed by atoms with van der Waals surface area (Å²) in [6.07, 6.45) is 1.94. The molecule has 0 bridgehead atoms. The molecule has 1 N–H and O–H groups in total. The molecule has 1 aromatic rings. The number of hydrogen-bond donors (Lipinski definition) is 1. The third-order valence-corrected chi connectivity index (χ3v) is 3.23. The van der Waals surface area contributed by atoms with Crippen molar-refractivity contribution in [3.8, 4) is 5.75 Å². The lowest BCUT2D eigenvalue weighted by atomic mass is 10.3. The molecule has 0 aliphatic carbocycles. The molecule has 0 atom stereocenters. The number of amides is 1. The van der Waals surface area contributed by atoms with Gasteiger partial charge in [-0.25, -0.2) is 0 Å². The zero-order chi connectivity index (χ0) is 15.0. The van der Waals surface area contributed by atoms with Gasteiger partial charge in [0.05, 0.1) is 18.7 Å². The number of carbonyl (C=O) groups is 1. The van der Waals surface area contributed by atoms with Gasteiger partial charge in [-0.05, 0) is 31.0 Å². The maximum atomic E-state index is 12.1. The van der Waals surface area contributed by atoms with Crippen LogP contribution in [0.4, 0.5) is 5.69 Å². The number of methoxy groups -OCH3 is 1. The minimum atomic E-state index is 0.112. The maximum Gasteiger partial charge on any atom is 0.241 e. The van der Waals surface area contributed by atoms with Crippen LogP contribution in [0.5, 0.6) is 5.75 Å². The van der Waals surface area contributed by atoms with Gasteiger partial charge in [0.1, 0.15) is 5.75 Å². The highest BCUT2D eigenvalue weighted by molar-refractivity contribution is 6.32. The van der Waals surface area contributed by atoms with E-state index < -0.39 is 0 Å². The Kier molecular flexibility index (Phi) is 7.23. The Morgan fingerprint density at radius 2 is 1.95 bits per heavy atom. The molecule has 1 amide bonds. The van der Waals surface area contributed by atoms with Crippen molar-refractivity contribution in [2.45, 2.75) is 26.7 Å². The van der Waals surface area contributed by atoms with Crippen molar-refractivity contribution < 1.29 is 9.53 Å². The fraction of sp³-hybridized carbons (Fsp3) is 0.533. The second kappa shape index (κ2) is 8.69. The van der Waals surface area contributed by atoms with E-state index in [1.165, 1.54) is 0 Å². The van der Waals surface area contributed by atoms with Crippen LogP contribution in [0, 0.1) is 0 Å². The number of nitrogens with one attached hydrogen (secondary N) is 1. The molecule has 0 saturated carbocycles. The third-order valence-electron chi connectivity index (χ3n) is 2.94. The van der Waals surface area contributed by atoms with Crippen molar-refractivity contribution >= 4 is 23.2 Å². The van der Waals surface area contributed by atoms with Crippen LogP contribution in [0.2, 0.25) is 5.02 Å². The fourth-order valence-electron chi connectivity index (χ4n) is 1.97. The van der Waals surface area contributed by atoms with E-state index in [0.717, 1.165) is 31.6 Å². The summed E-state index contributed by atoms with van der Waals surface area (Å²) >= 11 is 6.05. The first-order valence-electron chi connectivity index (χ1n) is 6.97. The molecule has 20 heavy (non-hydrogen) atoms. The standard InChI is InChI=1S/C15H23ClN2O2/c1-4-8-18(9-5-2)15(19)11-17-12-6-7-14(20-3)13(16)10-12/h6-7,10,17H,4-5,8-9,11H2,1-3H3. The van der Waals surface area contributed by atoms with E-state index in [1.54, 1.807) is 19.2 Å². The van der Waals surface area contributed by atoms with E-state index >= 15 is 0 Å². The van der Waals surface area contributed by atoms with Crippen LogP contribution in [0.25, 0.3) is 0 Å². The SMILES string of the molecule is CCCN(CCC)C(=O)CNc1ccc(OC)c(Cl)c1. The van der Waals surface area contributed by atoms with Gasteiger partial charge in [0, 0.05) is 18.8 Å². The molecule has 1 rings (SSSR count). The molecule has 0 unspecified atom stereocenters. The molecule has 5 heteroatoms. The van der Waals surface area contributed by atoms with Gasteiger partial charge in [-0.2, -0.15) is 0 Å². The molecule has 0 saturated heterocycles. The van der Waals surface area contributed by atoms with Crippen molar-refractivity contribution in [3.05, 3.63) is 23.2 Å². The first kappa shape index (κ1) is 16.6. The summed E-state index contributed by atoms with van der Waals surface area (Å²) in [5.74, 6) is 0.739. The quantitative estimate of drug-likeness (QED) is 0.799. The van der Waals surface area contributed by atoms with Crippen LogP contribution in [0.1, 0.15) is 26.7 Å². The van der Waals surface area contributed by atoms with Gasteiger partial charge >= 0.3 is 0 Å². The smallest absolute Gasteiger partial charge is 0.241 e. The Hall–Kier alpha value is -1.42. The second-order valence-corrected chi connectivity index (χ2v) is 4.99. The van der Waals surface area contributed by atoms with Crippen molar-refractivity contribution in [3.63, 3.8) is 0 Å². The molecular formula is C15H23ClN2O2. The van der Waals surface area contributed by atoms with Crippen molar-refractivity contribution in [1.29, 1.82) is 0 Å². The molecule has 1 aromatic carbocycles. The van der Waals surface area contributed by atoms with Crippen LogP contribution < -0.4 is 10.1 Å². The molecular weight excluding hydrogens is 276 g/mol. The summed E-state index contributed by atoms with van der Waals surface area (Å²) in [7, 11) is 1.57. The summed E-state index contributed by atoms with van der Waals surface area (Å²) in [5.41, 5.74) is 0.817. The minimum Gasteiger partial charge on any atom is -0.495 e. The van der Waals surface area contributed by atoms with E-state index in [1.807, 2.05) is 11.0 Å². The highest BCUT2D eigenvalue weighted by Crippen LogP contribution is 2.27. The number of anilines is 1. The largest absolute Gasteiger partial charge is 0.495 e. The Labute approximate surface area is 126 Å². The zero-order valence-corrected chi connectivity index (χ0v) is 13.2. The first-order chi connectivity index (χ1) is 9.62. The average Bonchev–Trinajstić information content (AvgIpc) is 2.44. The summed E-state index contributed by atoms with van der Waals surface area (Å²) in [5, 5.41) is 3.63. The topological polar surface area (TPSA) is 41.6 Å². The molecule has 4 nitrogen and oxygen atoms in total. The molecule has 0 aliphatic heterocycles. The monoisotopic (exact) mass is 298 g/mol. The van der Waals surface area contributed by atoms with Gasteiger partial charge in [0.25, 0.3) is 0 Å². The lowest BCUT2D eigenvalue weighted by Gasteiger charge is -2.22. The van der Waals surface area contributed by atoms with Gasteiger partial charge in [0.2, 0.25) is 5.91 Å². The Morgan fingerprint density at radius 1 is 1.30 bits per heavy atom. The number of ether oxygens (including phenoxy) is 1. The molecule has 0 spiro atoms. The van der Waals surface area contributed by atoms with E-state index in [-0.39, 0.29) is 12.5 Å². The van der Waals surface area contributed by atoms with Crippen molar-refractivity contribution in [2.75, 3.05) is 32.1 Å². The highest BCUT2D eigenvalue weighted by Gasteiger charge is 2.11. The Balaban J connectivity index is 2.57. The summed E-state index contributed by atoms with van der Waals surface area (Å²) in [4.78, 5) is 14.0. The fourth-order valence-corrected chi connectivity index (χ4v) is 2.22. The molecule has 0 heterocycles. The summed E-state index contributed by atoms with van der Waals surface area (Å²) in [6, 6.07) is 5.39. The van der Waals surface area contributed by atoms with Crippen LogP contribution in [-0.4, -0.2) is 37.6 Å². The molecule has 0 aliphatic rings. The Bertz CT molecular complexity index is 432. The Morgan fingerprint density at radius 3 is 2.45 bits per heavy atom. The minimum absolute atomic E-state index is 0.112. The van der Waals surface area contributed by atoms with E-state index in [4.69, 9.17) is 16.3 Å². The first-order valence-corrected chi connectivity index (χ1v) is 7.35. The predicted molar refractivity (Wildman–Crippen MR) is 83.7 cm³/mol. The number of benzene rings is 1. The summed E-state index contributed by atoms with van der Waals surface area (Å²) in [6.45, 7) is 6.04. The van der Waals surface area contributed by atoms with Gasteiger partial charge in [-0.1, -0.05) is 25.4 Å². The van der Waals surface area contributed by atoms with Crippen molar-refractivity contribution in [2.24, 2.45) is 0 Å². The molecule has 112 valence electrons. The van der Waals surface area contributed by atoms with Gasteiger partial charge in [-0.3, -0.25) is 4.79 Å². The summed E-state index contributed by atoms with van der Waals surface area (Å²) < 4.78 is 5.09. The van der Waals surface area contributed by atoms with E-state index in [2.05, 4.69) is 19.2 Å².